The average molecular weight is 329 g/mol. The van der Waals surface area contributed by atoms with Crippen molar-refractivity contribution < 1.29 is 14.0 Å². The SMILES string of the molecule is O=C1C[C@@H]2CN(C(=O)c3cc(=O)c4cccc(F)c4[nH]3)C[C@@H]2CN1. The van der Waals surface area contributed by atoms with E-state index in [9.17, 15) is 18.8 Å². The van der Waals surface area contributed by atoms with Crippen molar-refractivity contribution in [2.24, 2.45) is 11.8 Å². The van der Waals surface area contributed by atoms with Gasteiger partial charge in [-0.1, -0.05) is 6.07 Å². The summed E-state index contributed by atoms with van der Waals surface area (Å²) in [5.41, 5.74) is -0.266. The second-order valence-electron chi connectivity index (χ2n) is 6.45. The zero-order valence-corrected chi connectivity index (χ0v) is 12.8. The zero-order chi connectivity index (χ0) is 16.8. The van der Waals surface area contributed by atoms with Gasteiger partial charge in [-0.25, -0.2) is 4.39 Å². The smallest absolute Gasteiger partial charge is 0.270 e. The Kier molecular flexibility index (Phi) is 3.37. The Bertz CT molecular complexity index is 908. The zero-order valence-electron chi connectivity index (χ0n) is 12.8. The van der Waals surface area contributed by atoms with Crippen molar-refractivity contribution in [1.82, 2.24) is 15.2 Å². The van der Waals surface area contributed by atoms with Crippen LogP contribution in [0.25, 0.3) is 10.9 Å². The Balaban J connectivity index is 1.66. The van der Waals surface area contributed by atoms with E-state index in [-0.39, 0.29) is 45.7 Å². The molecular formula is C17H16FN3O3. The summed E-state index contributed by atoms with van der Waals surface area (Å²) >= 11 is 0. The molecular weight excluding hydrogens is 313 g/mol. The molecule has 6 nitrogen and oxygen atoms in total. The normalized spacial score (nSPS) is 23.2. The minimum Gasteiger partial charge on any atom is -0.356 e. The number of H-pyrrole nitrogens is 1. The largest absolute Gasteiger partial charge is 0.356 e. The number of aromatic amines is 1. The highest BCUT2D eigenvalue weighted by Crippen LogP contribution is 2.29. The molecule has 2 fully saturated rings. The number of benzene rings is 1. The molecule has 7 heteroatoms. The number of nitrogens with one attached hydrogen (secondary N) is 2. The van der Waals surface area contributed by atoms with Crippen molar-refractivity contribution in [3.05, 3.63) is 46.0 Å². The fourth-order valence-corrected chi connectivity index (χ4v) is 3.64. The number of amides is 2. The van der Waals surface area contributed by atoms with E-state index in [1.54, 1.807) is 4.90 Å². The molecule has 2 aliphatic rings. The summed E-state index contributed by atoms with van der Waals surface area (Å²) in [6.45, 7) is 1.57. The van der Waals surface area contributed by atoms with Gasteiger partial charge in [-0.3, -0.25) is 14.4 Å². The predicted octanol–water partition coefficient (Wildman–Crippen LogP) is 0.875. The van der Waals surface area contributed by atoms with Crippen LogP contribution >= 0.6 is 0 Å². The molecule has 2 aromatic rings. The first-order chi connectivity index (χ1) is 11.5. The van der Waals surface area contributed by atoms with Crippen molar-refractivity contribution in [2.45, 2.75) is 6.42 Å². The van der Waals surface area contributed by atoms with Crippen LogP contribution in [0.4, 0.5) is 4.39 Å². The molecule has 0 radical (unpaired) electrons. The third-order valence-electron chi connectivity index (χ3n) is 4.92. The summed E-state index contributed by atoms with van der Waals surface area (Å²) < 4.78 is 13.9. The van der Waals surface area contributed by atoms with Crippen molar-refractivity contribution in [3.63, 3.8) is 0 Å². The Labute approximate surface area is 136 Å². The minimum atomic E-state index is -0.566. The highest BCUT2D eigenvalue weighted by Gasteiger charge is 2.39. The van der Waals surface area contributed by atoms with E-state index in [2.05, 4.69) is 10.3 Å². The average Bonchev–Trinajstić information content (AvgIpc) is 2.98. The Morgan fingerprint density at radius 1 is 1.21 bits per heavy atom. The molecule has 1 aromatic heterocycles. The van der Waals surface area contributed by atoms with Crippen LogP contribution in [0.5, 0.6) is 0 Å². The lowest BCUT2D eigenvalue weighted by atomic mass is 9.89. The van der Waals surface area contributed by atoms with Gasteiger partial charge in [-0.2, -0.15) is 0 Å². The number of nitrogens with zero attached hydrogens (tertiary/aromatic N) is 1. The summed E-state index contributed by atoms with van der Waals surface area (Å²) in [7, 11) is 0. The van der Waals surface area contributed by atoms with E-state index in [0.29, 0.717) is 26.1 Å². The van der Waals surface area contributed by atoms with Crippen molar-refractivity contribution >= 4 is 22.7 Å². The molecule has 4 rings (SSSR count). The highest BCUT2D eigenvalue weighted by atomic mass is 19.1. The van der Waals surface area contributed by atoms with Crippen LogP contribution in [0, 0.1) is 17.7 Å². The second-order valence-corrected chi connectivity index (χ2v) is 6.45. The van der Waals surface area contributed by atoms with Gasteiger partial charge >= 0.3 is 0 Å². The molecule has 2 amide bonds. The van der Waals surface area contributed by atoms with Crippen molar-refractivity contribution in [3.8, 4) is 0 Å². The molecule has 0 saturated carbocycles. The van der Waals surface area contributed by atoms with E-state index in [1.807, 2.05) is 0 Å². The lowest BCUT2D eigenvalue weighted by molar-refractivity contribution is -0.124. The molecule has 2 saturated heterocycles. The van der Waals surface area contributed by atoms with Crippen LogP contribution in [-0.4, -0.2) is 41.3 Å². The number of piperidine rings is 1. The summed E-state index contributed by atoms with van der Waals surface area (Å²) in [5.74, 6) is -0.517. The summed E-state index contributed by atoms with van der Waals surface area (Å²) in [6, 6.07) is 5.44. The van der Waals surface area contributed by atoms with Gasteiger partial charge in [-0.05, 0) is 24.0 Å². The molecule has 1 aromatic carbocycles. The molecule has 3 heterocycles. The molecule has 0 spiro atoms. The summed E-state index contributed by atoms with van der Waals surface area (Å²) in [6.07, 6.45) is 0.414. The minimum absolute atomic E-state index is 0.00623. The molecule has 0 aliphatic carbocycles. The molecule has 2 atom stereocenters. The number of carbonyl (C=O) groups is 2. The molecule has 0 unspecified atom stereocenters. The number of rotatable bonds is 1. The fraction of sp³-hybridized carbons (Fsp3) is 0.353. The maximum atomic E-state index is 13.9. The first-order valence-electron chi connectivity index (χ1n) is 7.90. The molecule has 2 N–H and O–H groups in total. The van der Waals surface area contributed by atoms with E-state index in [0.717, 1.165) is 0 Å². The van der Waals surface area contributed by atoms with Gasteiger partial charge in [0, 0.05) is 37.5 Å². The molecule has 24 heavy (non-hydrogen) atoms. The van der Waals surface area contributed by atoms with Crippen LogP contribution in [-0.2, 0) is 4.79 Å². The van der Waals surface area contributed by atoms with E-state index >= 15 is 0 Å². The van der Waals surface area contributed by atoms with E-state index in [1.165, 1.54) is 24.3 Å². The lowest BCUT2D eigenvalue weighted by Gasteiger charge is -2.23. The van der Waals surface area contributed by atoms with Crippen LogP contribution in [0.2, 0.25) is 0 Å². The molecule has 2 aliphatic heterocycles. The van der Waals surface area contributed by atoms with Crippen LogP contribution in [0.3, 0.4) is 0 Å². The van der Waals surface area contributed by atoms with Gasteiger partial charge in [0.05, 0.1) is 5.52 Å². The maximum Gasteiger partial charge on any atom is 0.270 e. The Morgan fingerprint density at radius 2 is 2.00 bits per heavy atom. The van der Waals surface area contributed by atoms with Crippen molar-refractivity contribution in [2.75, 3.05) is 19.6 Å². The van der Waals surface area contributed by atoms with Crippen LogP contribution < -0.4 is 10.7 Å². The summed E-state index contributed by atoms with van der Waals surface area (Å²) in [5, 5.41) is 3.03. The molecule has 0 bridgehead atoms. The third-order valence-corrected chi connectivity index (χ3v) is 4.92. The lowest BCUT2D eigenvalue weighted by Crippen LogP contribution is -2.40. The van der Waals surface area contributed by atoms with Gasteiger partial charge in [0.25, 0.3) is 5.91 Å². The van der Waals surface area contributed by atoms with Crippen LogP contribution in [0.15, 0.2) is 29.1 Å². The topological polar surface area (TPSA) is 82.3 Å². The number of likely N-dealkylation sites (tertiary alicyclic amines) is 1. The number of aromatic nitrogens is 1. The number of hydrogen-bond acceptors (Lipinski definition) is 3. The first kappa shape index (κ1) is 14.9. The second kappa shape index (κ2) is 5.43. The number of hydrogen-bond donors (Lipinski definition) is 2. The van der Waals surface area contributed by atoms with Gasteiger partial charge < -0.3 is 15.2 Å². The van der Waals surface area contributed by atoms with Crippen LogP contribution in [0.1, 0.15) is 16.9 Å². The van der Waals surface area contributed by atoms with Gasteiger partial charge in [0.1, 0.15) is 11.5 Å². The van der Waals surface area contributed by atoms with Gasteiger partial charge in [0.15, 0.2) is 5.43 Å². The van der Waals surface area contributed by atoms with Gasteiger partial charge in [-0.15, -0.1) is 0 Å². The number of pyridine rings is 1. The fourth-order valence-electron chi connectivity index (χ4n) is 3.64. The number of carbonyl (C=O) groups excluding carboxylic acids is 2. The third kappa shape index (κ3) is 2.36. The van der Waals surface area contributed by atoms with Crippen molar-refractivity contribution in [1.29, 1.82) is 0 Å². The Morgan fingerprint density at radius 3 is 2.83 bits per heavy atom. The quantitative estimate of drug-likeness (QED) is 0.815. The number of fused-ring (bicyclic) bond motifs is 2. The monoisotopic (exact) mass is 329 g/mol. The predicted molar refractivity (Wildman–Crippen MR) is 85.0 cm³/mol. The highest BCUT2D eigenvalue weighted by molar-refractivity contribution is 5.95. The Hall–Kier alpha value is -2.70. The first-order valence-corrected chi connectivity index (χ1v) is 7.90. The number of para-hydroxylation sites is 1. The number of halogens is 1. The van der Waals surface area contributed by atoms with E-state index < -0.39 is 5.82 Å². The maximum absolute atomic E-state index is 13.9. The van der Waals surface area contributed by atoms with E-state index in [4.69, 9.17) is 0 Å². The summed E-state index contributed by atoms with van der Waals surface area (Å²) in [4.78, 5) is 40.7. The molecule has 124 valence electrons. The standard InChI is InChI=1S/C17H16FN3O3/c18-12-3-1-2-11-14(22)5-13(20-16(11)12)17(24)21-7-9-4-15(23)19-6-10(9)8-21/h1-3,5,9-10H,4,6-8H2,(H,19,23)(H,20,22)/t9-,10+/m1/s1. The van der Waals surface area contributed by atoms with Gasteiger partial charge in [0.2, 0.25) is 5.91 Å².